The van der Waals surface area contributed by atoms with E-state index in [0.717, 1.165) is 25.1 Å². The van der Waals surface area contributed by atoms with Gasteiger partial charge < -0.3 is 10.1 Å². The summed E-state index contributed by atoms with van der Waals surface area (Å²) in [7, 11) is 0. The third-order valence-electron chi connectivity index (χ3n) is 3.75. The first-order valence-electron chi connectivity index (χ1n) is 6.74. The number of rotatable bonds is 4. The van der Waals surface area contributed by atoms with E-state index in [1.165, 1.54) is 0 Å². The van der Waals surface area contributed by atoms with Crippen molar-refractivity contribution < 1.29 is 9.13 Å². The Morgan fingerprint density at radius 1 is 1.50 bits per heavy atom. The maximum absolute atomic E-state index is 13.7. The molecule has 0 amide bonds. The van der Waals surface area contributed by atoms with Gasteiger partial charge in [0.1, 0.15) is 5.82 Å². The largest absolute Gasteiger partial charge is 0.376 e. The van der Waals surface area contributed by atoms with Gasteiger partial charge in [0.2, 0.25) is 0 Å². The Kier molecular flexibility index (Phi) is 4.36. The van der Waals surface area contributed by atoms with Crippen LogP contribution in [0.3, 0.4) is 0 Å². The van der Waals surface area contributed by atoms with E-state index in [9.17, 15) is 4.39 Å². The molecule has 1 aliphatic heterocycles. The zero-order valence-corrected chi connectivity index (χ0v) is 11.4. The molecule has 100 valence electrons. The Balaban J connectivity index is 2.25. The average Bonchev–Trinajstić information content (AvgIpc) is 2.76. The Labute approximate surface area is 109 Å². The SMILES string of the molecule is CCNC(c1ccc(C)c(F)c1)C1OCCC1C. The van der Waals surface area contributed by atoms with Crippen LogP contribution in [-0.2, 0) is 4.74 Å². The molecule has 0 bridgehead atoms. The van der Waals surface area contributed by atoms with Crippen LogP contribution in [0.4, 0.5) is 4.39 Å². The molecule has 18 heavy (non-hydrogen) atoms. The predicted molar refractivity (Wildman–Crippen MR) is 71.1 cm³/mol. The highest BCUT2D eigenvalue weighted by Crippen LogP contribution is 2.31. The number of aryl methyl sites for hydroxylation is 1. The second-order valence-electron chi connectivity index (χ2n) is 5.15. The quantitative estimate of drug-likeness (QED) is 0.887. The summed E-state index contributed by atoms with van der Waals surface area (Å²) < 4.78 is 19.5. The lowest BCUT2D eigenvalue weighted by Gasteiger charge is -2.27. The minimum Gasteiger partial charge on any atom is -0.376 e. The molecule has 0 spiro atoms. The van der Waals surface area contributed by atoms with Crippen LogP contribution < -0.4 is 5.32 Å². The van der Waals surface area contributed by atoms with Crippen molar-refractivity contribution in [1.29, 1.82) is 0 Å². The monoisotopic (exact) mass is 251 g/mol. The molecule has 0 aromatic heterocycles. The maximum atomic E-state index is 13.7. The molecule has 1 aromatic rings. The molecule has 1 saturated heterocycles. The van der Waals surface area contributed by atoms with E-state index in [4.69, 9.17) is 4.74 Å². The molecule has 3 unspecified atom stereocenters. The van der Waals surface area contributed by atoms with Gasteiger partial charge in [-0.15, -0.1) is 0 Å². The maximum Gasteiger partial charge on any atom is 0.126 e. The standard InChI is InChI=1S/C15H22FNO/c1-4-17-14(15-11(3)7-8-18-15)12-6-5-10(2)13(16)9-12/h5-6,9,11,14-15,17H,4,7-8H2,1-3H3. The van der Waals surface area contributed by atoms with Crippen molar-refractivity contribution in [3.05, 3.63) is 35.1 Å². The fourth-order valence-corrected chi connectivity index (χ4v) is 2.59. The number of hydrogen-bond acceptors (Lipinski definition) is 2. The molecule has 1 aliphatic rings. The van der Waals surface area contributed by atoms with Crippen molar-refractivity contribution in [2.75, 3.05) is 13.2 Å². The van der Waals surface area contributed by atoms with Gasteiger partial charge in [0.25, 0.3) is 0 Å². The third kappa shape index (κ3) is 2.73. The van der Waals surface area contributed by atoms with Crippen LogP contribution in [-0.4, -0.2) is 19.3 Å². The van der Waals surface area contributed by atoms with Gasteiger partial charge in [0, 0.05) is 6.61 Å². The minimum absolute atomic E-state index is 0.0857. The van der Waals surface area contributed by atoms with Gasteiger partial charge in [-0.1, -0.05) is 26.0 Å². The fourth-order valence-electron chi connectivity index (χ4n) is 2.59. The summed E-state index contributed by atoms with van der Waals surface area (Å²) in [5.74, 6) is 0.375. The lowest BCUT2D eigenvalue weighted by atomic mass is 9.92. The van der Waals surface area contributed by atoms with E-state index in [2.05, 4.69) is 19.2 Å². The summed E-state index contributed by atoms with van der Waals surface area (Å²) >= 11 is 0. The molecule has 2 nitrogen and oxygen atoms in total. The summed E-state index contributed by atoms with van der Waals surface area (Å²) in [5.41, 5.74) is 1.67. The van der Waals surface area contributed by atoms with Crippen LogP contribution in [0.5, 0.6) is 0 Å². The van der Waals surface area contributed by atoms with Crippen LogP contribution >= 0.6 is 0 Å². The third-order valence-corrected chi connectivity index (χ3v) is 3.75. The Bertz CT molecular complexity index is 407. The van der Waals surface area contributed by atoms with Crippen molar-refractivity contribution >= 4 is 0 Å². The van der Waals surface area contributed by atoms with Crippen LogP contribution in [0.25, 0.3) is 0 Å². The van der Waals surface area contributed by atoms with Gasteiger partial charge >= 0.3 is 0 Å². The summed E-state index contributed by atoms with van der Waals surface area (Å²) in [6.07, 6.45) is 1.23. The molecule has 1 aromatic carbocycles. The van der Waals surface area contributed by atoms with Crippen molar-refractivity contribution in [2.24, 2.45) is 5.92 Å². The molecule has 2 rings (SSSR count). The van der Waals surface area contributed by atoms with E-state index in [1.807, 2.05) is 12.1 Å². The molecule has 0 radical (unpaired) electrons. The highest BCUT2D eigenvalue weighted by molar-refractivity contribution is 5.27. The fraction of sp³-hybridized carbons (Fsp3) is 0.600. The summed E-state index contributed by atoms with van der Waals surface area (Å²) in [6.45, 7) is 7.72. The predicted octanol–water partition coefficient (Wildman–Crippen LogP) is 3.21. The molecule has 1 N–H and O–H groups in total. The number of benzene rings is 1. The second kappa shape index (κ2) is 5.81. The smallest absolute Gasteiger partial charge is 0.126 e. The number of ether oxygens (including phenoxy) is 1. The van der Waals surface area contributed by atoms with Crippen molar-refractivity contribution in [2.45, 2.75) is 39.3 Å². The second-order valence-corrected chi connectivity index (χ2v) is 5.15. The van der Waals surface area contributed by atoms with Crippen LogP contribution in [0.1, 0.15) is 37.4 Å². The molecular weight excluding hydrogens is 229 g/mol. The molecule has 3 heteroatoms. The highest BCUT2D eigenvalue weighted by Gasteiger charge is 2.32. The van der Waals surface area contributed by atoms with Gasteiger partial charge in [-0.3, -0.25) is 0 Å². The first-order valence-corrected chi connectivity index (χ1v) is 6.74. The highest BCUT2D eigenvalue weighted by atomic mass is 19.1. The summed E-state index contributed by atoms with van der Waals surface area (Å²) in [4.78, 5) is 0. The molecule has 0 saturated carbocycles. The van der Waals surface area contributed by atoms with E-state index in [-0.39, 0.29) is 18.0 Å². The average molecular weight is 251 g/mol. The molecule has 3 atom stereocenters. The normalized spacial score (nSPS) is 25.3. The van der Waals surface area contributed by atoms with Gasteiger partial charge in [-0.05, 0) is 43.0 Å². The lowest BCUT2D eigenvalue weighted by Crippen LogP contribution is -2.34. The Morgan fingerprint density at radius 2 is 2.28 bits per heavy atom. The zero-order valence-electron chi connectivity index (χ0n) is 11.4. The minimum atomic E-state index is -0.138. The van der Waals surface area contributed by atoms with Gasteiger partial charge in [-0.2, -0.15) is 0 Å². The topological polar surface area (TPSA) is 21.3 Å². The van der Waals surface area contributed by atoms with Crippen molar-refractivity contribution in [3.63, 3.8) is 0 Å². The molecular formula is C15H22FNO. The molecule has 1 heterocycles. The Morgan fingerprint density at radius 3 is 2.83 bits per heavy atom. The van der Waals surface area contributed by atoms with Crippen molar-refractivity contribution in [3.8, 4) is 0 Å². The van der Waals surface area contributed by atoms with E-state index >= 15 is 0 Å². The molecule has 0 aliphatic carbocycles. The number of halogens is 1. The van der Waals surface area contributed by atoms with E-state index < -0.39 is 0 Å². The molecule has 1 fully saturated rings. The van der Waals surface area contributed by atoms with Crippen molar-refractivity contribution in [1.82, 2.24) is 5.32 Å². The van der Waals surface area contributed by atoms with Crippen LogP contribution in [0, 0.1) is 18.7 Å². The first-order chi connectivity index (χ1) is 8.63. The lowest BCUT2D eigenvalue weighted by molar-refractivity contribution is 0.0611. The summed E-state index contributed by atoms with van der Waals surface area (Å²) in [5, 5.41) is 3.43. The zero-order chi connectivity index (χ0) is 13.1. The van der Waals surface area contributed by atoms with Gasteiger partial charge in [0.15, 0.2) is 0 Å². The van der Waals surface area contributed by atoms with Gasteiger partial charge in [0.05, 0.1) is 12.1 Å². The van der Waals surface area contributed by atoms with E-state index in [0.29, 0.717) is 11.5 Å². The van der Waals surface area contributed by atoms with Crippen LogP contribution in [0.15, 0.2) is 18.2 Å². The number of nitrogens with one attached hydrogen (secondary N) is 1. The Hall–Kier alpha value is -0.930. The van der Waals surface area contributed by atoms with Crippen LogP contribution in [0.2, 0.25) is 0 Å². The van der Waals surface area contributed by atoms with E-state index in [1.54, 1.807) is 13.0 Å². The number of likely N-dealkylation sites (N-methyl/N-ethyl adjacent to an activating group) is 1. The summed E-state index contributed by atoms with van der Waals surface area (Å²) in [6, 6.07) is 5.56. The van der Waals surface area contributed by atoms with Gasteiger partial charge in [-0.25, -0.2) is 4.39 Å². The first kappa shape index (κ1) is 13.5. The number of hydrogen-bond donors (Lipinski definition) is 1.